The normalized spacial score (nSPS) is 26.9. The van der Waals surface area contributed by atoms with Crippen molar-refractivity contribution in [1.29, 1.82) is 0 Å². The third-order valence-electron chi connectivity index (χ3n) is 3.10. The molecule has 0 aliphatic carbocycles. The Labute approximate surface area is 97.7 Å². The first-order valence-corrected chi connectivity index (χ1v) is 6.04. The SMILES string of the molecule is Cc1cccc(CN2CC(C)CC(N)C2)n1. The van der Waals surface area contributed by atoms with Gasteiger partial charge in [-0.05, 0) is 31.4 Å². The van der Waals surface area contributed by atoms with E-state index < -0.39 is 0 Å². The van der Waals surface area contributed by atoms with Gasteiger partial charge < -0.3 is 5.73 Å². The predicted molar refractivity (Wildman–Crippen MR) is 66.0 cm³/mol. The van der Waals surface area contributed by atoms with Crippen molar-refractivity contribution in [3.63, 3.8) is 0 Å². The maximum Gasteiger partial charge on any atom is 0.0547 e. The van der Waals surface area contributed by atoms with Crippen molar-refractivity contribution in [3.05, 3.63) is 29.6 Å². The second-order valence-electron chi connectivity index (χ2n) is 5.07. The zero-order valence-electron chi connectivity index (χ0n) is 10.2. The molecule has 2 unspecified atom stereocenters. The number of nitrogens with two attached hydrogens (primary N) is 1. The van der Waals surface area contributed by atoms with Gasteiger partial charge in [0.15, 0.2) is 0 Å². The van der Waals surface area contributed by atoms with Crippen LogP contribution in [0.15, 0.2) is 18.2 Å². The number of likely N-dealkylation sites (tertiary alicyclic amines) is 1. The van der Waals surface area contributed by atoms with Crippen LogP contribution in [0.1, 0.15) is 24.7 Å². The predicted octanol–water partition coefficient (Wildman–Crippen LogP) is 1.56. The molecule has 0 radical (unpaired) electrons. The van der Waals surface area contributed by atoms with E-state index in [9.17, 15) is 0 Å². The summed E-state index contributed by atoms with van der Waals surface area (Å²) in [6.45, 7) is 7.38. The summed E-state index contributed by atoms with van der Waals surface area (Å²) in [5.41, 5.74) is 8.28. The van der Waals surface area contributed by atoms with Crippen LogP contribution in [0.3, 0.4) is 0 Å². The van der Waals surface area contributed by atoms with Gasteiger partial charge in [-0.3, -0.25) is 9.88 Å². The van der Waals surface area contributed by atoms with Gasteiger partial charge in [0.1, 0.15) is 0 Å². The van der Waals surface area contributed by atoms with Crippen molar-refractivity contribution in [3.8, 4) is 0 Å². The highest BCUT2D eigenvalue weighted by Gasteiger charge is 2.22. The van der Waals surface area contributed by atoms with Crippen LogP contribution in [0, 0.1) is 12.8 Å². The molecular formula is C13H21N3. The third kappa shape index (κ3) is 3.03. The molecule has 2 N–H and O–H groups in total. The van der Waals surface area contributed by atoms with Crippen molar-refractivity contribution >= 4 is 0 Å². The molecular weight excluding hydrogens is 198 g/mol. The molecule has 0 saturated carbocycles. The van der Waals surface area contributed by atoms with Crippen LogP contribution in [0.4, 0.5) is 0 Å². The molecule has 1 aliphatic heterocycles. The first-order chi connectivity index (χ1) is 7.63. The van der Waals surface area contributed by atoms with E-state index in [1.165, 1.54) is 0 Å². The molecule has 1 aromatic heterocycles. The van der Waals surface area contributed by atoms with E-state index in [2.05, 4.69) is 28.9 Å². The van der Waals surface area contributed by atoms with Crippen molar-refractivity contribution in [1.82, 2.24) is 9.88 Å². The van der Waals surface area contributed by atoms with Crippen LogP contribution in [0.5, 0.6) is 0 Å². The molecule has 1 saturated heterocycles. The molecule has 0 aromatic carbocycles. The topological polar surface area (TPSA) is 42.1 Å². The van der Waals surface area contributed by atoms with Gasteiger partial charge in [-0.15, -0.1) is 0 Å². The zero-order valence-corrected chi connectivity index (χ0v) is 10.2. The highest BCUT2D eigenvalue weighted by molar-refractivity contribution is 5.10. The van der Waals surface area contributed by atoms with Crippen LogP contribution in [-0.4, -0.2) is 29.0 Å². The van der Waals surface area contributed by atoms with Gasteiger partial charge in [0.25, 0.3) is 0 Å². The molecule has 3 heteroatoms. The van der Waals surface area contributed by atoms with Crippen molar-refractivity contribution in [2.24, 2.45) is 11.7 Å². The van der Waals surface area contributed by atoms with E-state index in [1.807, 2.05) is 13.0 Å². The molecule has 1 aromatic rings. The number of aryl methyl sites for hydroxylation is 1. The number of rotatable bonds is 2. The Bertz CT molecular complexity index is 341. The average molecular weight is 219 g/mol. The van der Waals surface area contributed by atoms with Crippen LogP contribution in [0.25, 0.3) is 0 Å². The number of piperidine rings is 1. The summed E-state index contributed by atoms with van der Waals surface area (Å²) in [6, 6.07) is 6.53. The minimum Gasteiger partial charge on any atom is -0.327 e. The van der Waals surface area contributed by atoms with Crippen LogP contribution in [0.2, 0.25) is 0 Å². The molecule has 0 spiro atoms. The van der Waals surface area contributed by atoms with E-state index in [1.54, 1.807) is 0 Å². The lowest BCUT2D eigenvalue weighted by Crippen LogP contribution is -2.45. The standard InChI is InChI=1S/C13H21N3/c1-10-6-12(14)8-16(7-10)9-13-5-3-4-11(2)15-13/h3-5,10,12H,6-9,14H2,1-2H3. The minimum absolute atomic E-state index is 0.327. The number of hydrogen-bond donors (Lipinski definition) is 1. The Kier molecular flexibility index (Phi) is 3.56. The lowest BCUT2D eigenvalue weighted by molar-refractivity contribution is 0.157. The van der Waals surface area contributed by atoms with Gasteiger partial charge >= 0.3 is 0 Å². The van der Waals surface area contributed by atoms with E-state index in [0.29, 0.717) is 12.0 Å². The fraction of sp³-hybridized carbons (Fsp3) is 0.615. The average Bonchev–Trinajstić information content (AvgIpc) is 2.15. The Balaban J connectivity index is 1.98. The van der Waals surface area contributed by atoms with E-state index in [0.717, 1.165) is 37.4 Å². The molecule has 0 amide bonds. The van der Waals surface area contributed by atoms with Gasteiger partial charge in [0.05, 0.1) is 5.69 Å². The van der Waals surface area contributed by atoms with Crippen LogP contribution >= 0.6 is 0 Å². The number of hydrogen-bond acceptors (Lipinski definition) is 3. The van der Waals surface area contributed by atoms with E-state index in [4.69, 9.17) is 5.73 Å². The van der Waals surface area contributed by atoms with Gasteiger partial charge in [0, 0.05) is 31.4 Å². The monoisotopic (exact) mass is 219 g/mol. The second-order valence-corrected chi connectivity index (χ2v) is 5.07. The van der Waals surface area contributed by atoms with Crippen molar-refractivity contribution in [2.45, 2.75) is 32.9 Å². The van der Waals surface area contributed by atoms with Crippen LogP contribution in [-0.2, 0) is 6.54 Å². The fourth-order valence-electron chi connectivity index (χ4n) is 2.56. The summed E-state index contributed by atoms with van der Waals surface area (Å²) >= 11 is 0. The molecule has 16 heavy (non-hydrogen) atoms. The van der Waals surface area contributed by atoms with Gasteiger partial charge in [-0.25, -0.2) is 0 Å². The summed E-state index contributed by atoms with van der Waals surface area (Å²) < 4.78 is 0. The maximum atomic E-state index is 6.04. The molecule has 2 atom stereocenters. The summed E-state index contributed by atoms with van der Waals surface area (Å²) in [6.07, 6.45) is 1.15. The molecule has 3 nitrogen and oxygen atoms in total. The molecule has 1 fully saturated rings. The largest absolute Gasteiger partial charge is 0.327 e. The van der Waals surface area contributed by atoms with Crippen molar-refractivity contribution < 1.29 is 0 Å². The van der Waals surface area contributed by atoms with E-state index >= 15 is 0 Å². The summed E-state index contributed by atoms with van der Waals surface area (Å²) in [4.78, 5) is 6.95. The number of nitrogens with zero attached hydrogens (tertiary/aromatic N) is 2. The highest BCUT2D eigenvalue weighted by Crippen LogP contribution is 2.16. The second kappa shape index (κ2) is 4.93. The highest BCUT2D eigenvalue weighted by atomic mass is 15.2. The third-order valence-corrected chi connectivity index (χ3v) is 3.10. The zero-order chi connectivity index (χ0) is 11.5. The smallest absolute Gasteiger partial charge is 0.0547 e. The molecule has 88 valence electrons. The maximum absolute atomic E-state index is 6.04. The molecule has 1 aliphatic rings. The van der Waals surface area contributed by atoms with Gasteiger partial charge in [-0.2, -0.15) is 0 Å². The molecule has 0 bridgehead atoms. The lowest BCUT2D eigenvalue weighted by atomic mass is 9.96. The Morgan fingerprint density at radius 1 is 1.44 bits per heavy atom. The van der Waals surface area contributed by atoms with Gasteiger partial charge in [-0.1, -0.05) is 13.0 Å². The quantitative estimate of drug-likeness (QED) is 0.820. The van der Waals surface area contributed by atoms with Crippen molar-refractivity contribution in [2.75, 3.05) is 13.1 Å². The van der Waals surface area contributed by atoms with E-state index in [-0.39, 0.29) is 0 Å². The fourth-order valence-corrected chi connectivity index (χ4v) is 2.56. The lowest BCUT2D eigenvalue weighted by Gasteiger charge is -2.34. The van der Waals surface area contributed by atoms with Crippen LogP contribution < -0.4 is 5.73 Å². The molecule has 2 rings (SSSR count). The summed E-state index contributed by atoms with van der Waals surface area (Å²) in [7, 11) is 0. The first-order valence-electron chi connectivity index (χ1n) is 6.04. The summed E-state index contributed by atoms with van der Waals surface area (Å²) in [5, 5.41) is 0. The summed E-state index contributed by atoms with van der Waals surface area (Å²) in [5.74, 6) is 0.702. The Hall–Kier alpha value is -0.930. The number of pyridine rings is 1. The molecule has 2 heterocycles. The Morgan fingerprint density at radius 3 is 2.94 bits per heavy atom. The van der Waals surface area contributed by atoms with Gasteiger partial charge in [0.2, 0.25) is 0 Å². The Morgan fingerprint density at radius 2 is 2.25 bits per heavy atom. The minimum atomic E-state index is 0.327. The first kappa shape index (κ1) is 11.6. The number of aromatic nitrogens is 1.